The van der Waals surface area contributed by atoms with E-state index in [4.69, 9.17) is 0 Å². The minimum atomic E-state index is -0.964. The molecule has 0 amide bonds. The summed E-state index contributed by atoms with van der Waals surface area (Å²) in [4.78, 5) is 3.16. The fraction of sp³-hybridized carbons (Fsp3) is 0.400. The van der Waals surface area contributed by atoms with Gasteiger partial charge in [-0.05, 0) is 62.7 Å². The van der Waals surface area contributed by atoms with Gasteiger partial charge in [-0.15, -0.1) is 0 Å². The van der Waals surface area contributed by atoms with Gasteiger partial charge in [0.2, 0.25) is 0 Å². The average molecular weight is 359 g/mol. The molecule has 4 nitrogen and oxygen atoms in total. The smallest absolute Gasteiger partial charge is 0.115 e. The van der Waals surface area contributed by atoms with Gasteiger partial charge in [-0.25, -0.2) is 0 Å². The van der Waals surface area contributed by atoms with Crippen LogP contribution in [0, 0.1) is 0 Å². The van der Waals surface area contributed by atoms with Crippen LogP contribution >= 0.6 is 0 Å². The van der Waals surface area contributed by atoms with E-state index in [9.17, 15) is 14.4 Å². The van der Waals surface area contributed by atoms with Crippen LogP contribution in [-0.2, 0) is 10.8 Å². The van der Waals surface area contributed by atoms with Gasteiger partial charge in [0, 0.05) is 16.2 Å². The minimum Gasteiger partial charge on any atom is -0.508 e. The van der Waals surface area contributed by atoms with Gasteiger partial charge >= 0.3 is 0 Å². The Hall–Kier alpha value is -1.69. The molecule has 1 saturated heterocycles. The molecule has 1 heterocycles. The van der Waals surface area contributed by atoms with Crippen molar-refractivity contribution < 1.29 is 14.4 Å². The number of nitrogens with zero attached hydrogens (tertiary/aromatic N) is 1. The van der Waals surface area contributed by atoms with Crippen molar-refractivity contribution in [2.24, 2.45) is 0 Å². The Morgan fingerprint density at radius 1 is 1.04 bits per heavy atom. The summed E-state index contributed by atoms with van der Waals surface area (Å²) in [6.07, 6.45) is 1.14. The topological polar surface area (TPSA) is 60.8 Å². The molecule has 0 bridgehead atoms. The van der Waals surface area contributed by atoms with E-state index in [1.807, 2.05) is 37.3 Å². The van der Waals surface area contributed by atoms with Crippen molar-refractivity contribution in [2.75, 3.05) is 13.1 Å². The Bertz CT molecular complexity index is 697. The summed E-state index contributed by atoms with van der Waals surface area (Å²) in [7, 11) is -0.964. The second kappa shape index (κ2) is 8.13. The molecule has 25 heavy (non-hydrogen) atoms. The van der Waals surface area contributed by atoms with E-state index in [1.165, 1.54) is 0 Å². The SMILES string of the molecule is C[C@H]([C@@H](O)c1ccc(O)cc1)N1CCC(S(=O)c2ccccc2)CC1. The first-order chi connectivity index (χ1) is 12.1. The molecular formula is C20H25NO3S. The number of phenols is 1. The van der Waals surface area contributed by atoms with Crippen molar-refractivity contribution in [3.63, 3.8) is 0 Å². The second-order valence-corrected chi connectivity index (χ2v) is 8.36. The van der Waals surface area contributed by atoms with Crippen molar-refractivity contribution in [2.45, 2.75) is 42.1 Å². The number of rotatable bonds is 5. The minimum absolute atomic E-state index is 0.0179. The van der Waals surface area contributed by atoms with Gasteiger partial charge < -0.3 is 10.2 Å². The number of hydrogen-bond donors (Lipinski definition) is 2. The first-order valence-corrected chi connectivity index (χ1v) is 9.94. The van der Waals surface area contributed by atoms with Gasteiger partial charge in [-0.1, -0.05) is 30.3 Å². The van der Waals surface area contributed by atoms with Gasteiger partial charge in [0.1, 0.15) is 5.75 Å². The second-order valence-electron chi connectivity index (χ2n) is 6.62. The number of phenolic OH excluding ortho intramolecular Hbond substituents is 1. The molecule has 0 spiro atoms. The molecule has 1 fully saturated rings. The predicted molar refractivity (Wildman–Crippen MR) is 100.0 cm³/mol. The molecule has 0 radical (unpaired) electrons. The molecular weight excluding hydrogens is 334 g/mol. The summed E-state index contributed by atoms with van der Waals surface area (Å²) in [6.45, 7) is 3.69. The highest BCUT2D eigenvalue weighted by Gasteiger charge is 2.30. The molecule has 2 aromatic rings. The number of benzene rings is 2. The third-order valence-electron chi connectivity index (χ3n) is 5.02. The van der Waals surface area contributed by atoms with Crippen molar-refractivity contribution in [3.8, 4) is 5.75 Å². The van der Waals surface area contributed by atoms with Crippen LogP contribution in [0.5, 0.6) is 5.75 Å². The Morgan fingerprint density at radius 2 is 1.64 bits per heavy atom. The molecule has 2 N–H and O–H groups in total. The van der Waals surface area contributed by atoms with Crippen molar-refractivity contribution in [1.82, 2.24) is 4.90 Å². The fourth-order valence-electron chi connectivity index (χ4n) is 3.39. The Kier molecular flexibility index (Phi) is 5.89. The summed E-state index contributed by atoms with van der Waals surface area (Å²) in [5.74, 6) is 0.202. The summed E-state index contributed by atoms with van der Waals surface area (Å²) in [5.41, 5.74) is 0.806. The molecule has 3 rings (SSSR count). The lowest BCUT2D eigenvalue weighted by atomic mass is 9.99. The Morgan fingerprint density at radius 3 is 2.24 bits per heavy atom. The number of aromatic hydroxyl groups is 1. The van der Waals surface area contributed by atoms with Gasteiger partial charge in [0.15, 0.2) is 0 Å². The maximum absolute atomic E-state index is 12.7. The van der Waals surface area contributed by atoms with E-state index in [2.05, 4.69) is 4.90 Å². The molecule has 1 unspecified atom stereocenters. The van der Waals surface area contributed by atoms with Crippen LogP contribution in [0.1, 0.15) is 31.4 Å². The van der Waals surface area contributed by atoms with Gasteiger partial charge in [0.05, 0.1) is 16.9 Å². The largest absolute Gasteiger partial charge is 0.508 e. The van der Waals surface area contributed by atoms with E-state index in [1.54, 1.807) is 24.3 Å². The maximum atomic E-state index is 12.7. The average Bonchev–Trinajstić information content (AvgIpc) is 2.67. The quantitative estimate of drug-likeness (QED) is 0.861. The van der Waals surface area contributed by atoms with E-state index < -0.39 is 16.9 Å². The summed E-state index contributed by atoms with van der Waals surface area (Å²) in [5, 5.41) is 20.2. The molecule has 0 aliphatic carbocycles. The zero-order chi connectivity index (χ0) is 17.8. The van der Waals surface area contributed by atoms with Crippen LogP contribution in [0.3, 0.4) is 0 Å². The summed E-state index contributed by atoms with van der Waals surface area (Å²) in [6, 6.07) is 16.4. The lowest BCUT2D eigenvalue weighted by molar-refractivity contribution is 0.0478. The lowest BCUT2D eigenvalue weighted by Gasteiger charge is -2.37. The monoisotopic (exact) mass is 359 g/mol. The van der Waals surface area contributed by atoms with E-state index in [0.29, 0.717) is 0 Å². The van der Waals surface area contributed by atoms with Gasteiger partial charge in [0.25, 0.3) is 0 Å². The zero-order valence-corrected chi connectivity index (χ0v) is 15.2. The molecule has 5 heteroatoms. The van der Waals surface area contributed by atoms with Crippen molar-refractivity contribution >= 4 is 10.8 Å². The third kappa shape index (κ3) is 4.29. The number of hydrogen-bond acceptors (Lipinski definition) is 4. The molecule has 134 valence electrons. The molecule has 0 saturated carbocycles. The highest BCUT2D eigenvalue weighted by Crippen LogP contribution is 2.27. The van der Waals surface area contributed by atoms with Crippen LogP contribution in [0.4, 0.5) is 0 Å². The number of aliphatic hydroxyl groups is 1. The van der Waals surface area contributed by atoms with Crippen LogP contribution in [0.15, 0.2) is 59.5 Å². The first kappa shape index (κ1) is 18.1. The Labute approximate surface area is 151 Å². The van der Waals surface area contributed by atoms with Crippen molar-refractivity contribution in [3.05, 3.63) is 60.2 Å². The highest BCUT2D eigenvalue weighted by atomic mass is 32.2. The number of piperidine rings is 1. The van der Waals surface area contributed by atoms with Gasteiger partial charge in [-0.2, -0.15) is 0 Å². The highest BCUT2D eigenvalue weighted by molar-refractivity contribution is 7.85. The summed E-state index contributed by atoms with van der Waals surface area (Å²) < 4.78 is 12.7. The Balaban J connectivity index is 1.58. The number of likely N-dealkylation sites (tertiary alicyclic amines) is 1. The molecule has 0 aromatic heterocycles. The van der Waals surface area contributed by atoms with Crippen LogP contribution in [0.25, 0.3) is 0 Å². The van der Waals surface area contributed by atoms with E-state index in [0.717, 1.165) is 36.4 Å². The first-order valence-electron chi connectivity index (χ1n) is 8.73. The molecule has 1 aliphatic heterocycles. The van der Waals surface area contributed by atoms with E-state index >= 15 is 0 Å². The summed E-state index contributed by atoms with van der Waals surface area (Å²) >= 11 is 0. The zero-order valence-electron chi connectivity index (χ0n) is 14.4. The maximum Gasteiger partial charge on any atom is 0.115 e. The van der Waals surface area contributed by atoms with Crippen LogP contribution < -0.4 is 0 Å². The number of aliphatic hydroxyl groups excluding tert-OH is 1. The predicted octanol–water partition coefficient (Wildman–Crippen LogP) is 3.09. The van der Waals surface area contributed by atoms with Crippen molar-refractivity contribution in [1.29, 1.82) is 0 Å². The third-order valence-corrected chi connectivity index (χ3v) is 6.84. The van der Waals surface area contributed by atoms with E-state index in [-0.39, 0.29) is 17.0 Å². The van der Waals surface area contributed by atoms with Crippen LogP contribution in [0.2, 0.25) is 0 Å². The fourth-order valence-corrected chi connectivity index (χ4v) is 4.84. The standard InChI is InChI=1S/C20H25NO3S/c1-15(20(23)16-7-9-17(22)10-8-16)21-13-11-19(12-14-21)25(24)18-5-3-2-4-6-18/h2-10,15,19-20,22-23H,11-14H2,1H3/t15-,20-,25?/m1/s1. The van der Waals surface area contributed by atoms with Gasteiger partial charge in [-0.3, -0.25) is 9.11 Å². The molecule has 1 aliphatic rings. The molecule has 2 aromatic carbocycles. The normalized spacial score (nSPS) is 20.1. The lowest BCUT2D eigenvalue weighted by Crippen LogP contribution is -2.44. The van der Waals surface area contributed by atoms with Crippen LogP contribution in [-0.4, -0.2) is 43.7 Å². The molecule has 3 atom stereocenters.